The van der Waals surface area contributed by atoms with Crippen molar-refractivity contribution < 1.29 is 4.74 Å². The number of fused-ring (bicyclic) bond motifs is 2. The van der Waals surface area contributed by atoms with Crippen molar-refractivity contribution in [3.05, 3.63) is 72.0 Å². The molecule has 2 N–H and O–H groups in total. The zero-order valence-corrected chi connectivity index (χ0v) is 18.3. The van der Waals surface area contributed by atoms with E-state index in [9.17, 15) is 0 Å². The summed E-state index contributed by atoms with van der Waals surface area (Å²) in [6.07, 6.45) is 5.40. The molecular weight excluding hydrogens is 418 g/mol. The minimum atomic E-state index is 0.731. The van der Waals surface area contributed by atoms with Gasteiger partial charge in [0.2, 0.25) is 0 Å². The molecule has 5 aromatic heterocycles. The Morgan fingerprint density at radius 2 is 1.78 bits per heavy atom. The maximum atomic E-state index is 5.33. The summed E-state index contributed by atoms with van der Waals surface area (Å²) in [6.45, 7) is 2.11. The number of aromatic amines is 2. The van der Waals surface area contributed by atoms with Gasteiger partial charge in [0.15, 0.2) is 0 Å². The summed E-state index contributed by atoms with van der Waals surface area (Å²) in [4.78, 5) is 14.9. The fourth-order valence-electron chi connectivity index (χ4n) is 4.03. The Kier molecular flexibility index (Phi) is 4.29. The first kappa shape index (κ1) is 18.8. The first-order valence-electron chi connectivity index (χ1n) is 10.2. The number of hydrogen-bond donors (Lipinski definition) is 2. The van der Waals surface area contributed by atoms with Gasteiger partial charge in [-0.05, 0) is 55.0 Å². The molecule has 6 aromatic rings. The van der Waals surface area contributed by atoms with Crippen LogP contribution in [0.5, 0.6) is 5.75 Å². The molecule has 6 rings (SSSR count). The summed E-state index contributed by atoms with van der Waals surface area (Å²) in [6, 6.07) is 16.6. The van der Waals surface area contributed by atoms with Gasteiger partial charge in [-0.1, -0.05) is 6.07 Å². The van der Waals surface area contributed by atoms with Crippen LogP contribution in [0.2, 0.25) is 0 Å². The van der Waals surface area contributed by atoms with Crippen LogP contribution >= 0.6 is 11.3 Å². The number of nitrogens with one attached hydrogen (secondary N) is 2. The molecule has 6 nitrogen and oxygen atoms in total. The minimum absolute atomic E-state index is 0.731. The Balaban J connectivity index is 1.49. The quantitative estimate of drug-likeness (QED) is 0.343. The number of nitrogens with zero attached hydrogens (tertiary/aromatic N) is 3. The second-order valence-electron chi connectivity index (χ2n) is 7.66. The van der Waals surface area contributed by atoms with Crippen LogP contribution in [-0.4, -0.2) is 32.3 Å². The highest BCUT2D eigenvalue weighted by Gasteiger charge is 2.15. The predicted molar refractivity (Wildman–Crippen MR) is 129 cm³/mol. The third-order valence-corrected chi connectivity index (χ3v) is 6.63. The molecule has 0 aliphatic rings. The molecular formula is C25H19N5OS. The van der Waals surface area contributed by atoms with Crippen molar-refractivity contribution in [2.45, 2.75) is 6.92 Å². The Morgan fingerprint density at radius 3 is 2.62 bits per heavy atom. The van der Waals surface area contributed by atoms with Gasteiger partial charge in [-0.15, -0.1) is 11.3 Å². The Bertz CT molecular complexity index is 1590. The Hall–Kier alpha value is -3.97. The molecule has 7 heteroatoms. The average Bonchev–Trinajstić information content (AvgIpc) is 3.55. The summed E-state index contributed by atoms with van der Waals surface area (Å²) in [5.74, 6) is 0.731. The van der Waals surface area contributed by atoms with Crippen LogP contribution in [0.4, 0.5) is 0 Å². The second kappa shape index (κ2) is 7.32. The summed E-state index contributed by atoms with van der Waals surface area (Å²) in [7, 11) is 1.65. The predicted octanol–water partition coefficient (Wildman–Crippen LogP) is 6.21. The lowest BCUT2D eigenvalue weighted by atomic mass is 10.0. The van der Waals surface area contributed by atoms with Gasteiger partial charge in [0.25, 0.3) is 0 Å². The molecule has 0 aliphatic heterocycles. The van der Waals surface area contributed by atoms with Crippen LogP contribution in [0.1, 0.15) is 4.88 Å². The highest BCUT2D eigenvalue weighted by molar-refractivity contribution is 7.15. The van der Waals surface area contributed by atoms with Crippen LogP contribution in [0, 0.1) is 6.92 Å². The first-order chi connectivity index (χ1) is 15.7. The van der Waals surface area contributed by atoms with Crippen molar-refractivity contribution in [2.75, 3.05) is 7.11 Å². The zero-order chi connectivity index (χ0) is 21.7. The number of H-pyrrole nitrogens is 2. The molecule has 0 aliphatic carbocycles. The van der Waals surface area contributed by atoms with Gasteiger partial charge in [0.05, 0.1) is 35.1 Å². The zero-order valence-electron chi connectivity index (χ0n) is 17.5. The number of aromatic nitrogens is 5. The van der Waals surface area contributed by atoms with E-state index in [1.54, 1.807) is 24.6 Å². The SMILES string of the molecule is COc1cncc(-c2ccc3[nH]nc(-c4cc5c(-c6ccc(C)s6)nccc5[nH]4)c3c2)c1. The minimum Gasteiger partial charge on any atom is -0.495 e. The van der Waals surface area contributed by atoms with Crippen molar-refractivity contribution in [2.24, 2.45) is 0 Å². The number of aryl methyl sites for hydroxylation is 1. The van der Waals surface area contributed by atoms with E-state index in [0.29, 0.717) is 0 Å². The van der Waals surface area contributed by atoms with Crippen molar-refractivity contribution >= 4 is 33.1 Å². The Labute approximate surface area is 187 Å². The van der Waals surface area contributed by atoms with Crippen LogP contribution in [0.15, 0.2) is 67.1 Å². The summed E-state index contributed by atoms with van der Waals surface area (Å²) >= 11 is 1.75. The molecule has 0 amide bonds. The number of hydrogen-bond acceptors (Lipinski definition) is 5. The van der Waals surface area contributed by atoms with Gasteiger partial charge in [-0.3, -0.25) is 15.1 Å². The fraction of sp³-hybridized carbons (Fsp3) is 0.0800. The lowest BCUT2D eigenvalue weighted by molar-refractivity contribution is 0.413. The molecule has 0 radical (unpaired) electrons. The van der Waals surface area contributed by atoms with E-state index < -0.39 is 0 Å². The lowest BCUT2D eigenvalue weighted by Gasteiger charge is -2.04. The van der Waals surface area contributed by atoms with Crippen LogP contribution in [0.25, 0.3) is 54.9 Å². The molecule has 0 spiro atoms. The number of thiophene rings is 1. The van der Waals surface area contributed by atoms with Crippen LogP contribution in [-0.2, 0) is 0 Å². The van der Waals surface area contributed by atoms with E-state index in [0.717, 1.165) is 55.8 Å². The molecule has 1 aromatic carbocycles. The lowest BCUT2D eigenvalue weighted by Crippen LogP contribution is -1.86. The van der Waals surface area contributed by atoms with Gasteiger partial charge in [-0.2, -0.15) is 5.10 Å². The molecule has 32 heavy (non-hydrogen) atoms. The third kappa shape index (κ3) is 3.06. The third-order valence-electron chi connectivity index (χ3n) is 5.62. The van der Waals surface area contributed by atoms with Crippen molar-refractivity contribution in [3.63, 3.8) is 0 Å². The monoisotopic (exact) mass is 437 g/mol. The van der Waals surface area contributed by atoms with E-state index in [-0.39, 0.29) is 0 Å². The van der Waals surface area contributed by atoms with Gasteiger partial charge in [0, 0.05) is 39.1 Å². The highest BCUT2D eigenvalue weighted by Crippen LogP contribution is 2.36. The number of methoxy groups -OCH3 is 1. The standard InChI is InChI=1S/C25H19N5OS/c1-14-3-6-23(32-14)25-19-11-22(28-20(19)7-8-27-25)24-18-10-15(4-5-21(18)29-30-24)16-9-17(31-2)13-26-12-16/h3-13,28H,1-2H3,(H,29,30). The average molecular weight is 438 g/mol. The summed E-state index contributed by atoms with van der Waals surface area (Å²) in [5.41, 5.74) is 6.89. The molecule has 156 valence electrons. The molecule has 5 heterocycles. The highest BCUT2D eigenvalue weighted by atomic mass is 32.1. The van der Waals surface area contributed by atoms with Gasteiger partial charge >= 0.3 is 0 Å². The molecule has 0 unspecified atom stereocenters. The number of ether oxygens (including phenoxy) is 1. The molecule has 0 bridgehead atoms. The van der Waals surface area contributed by atoms with Crippen molar-refractivity contribution in [1.29, 1.82) is 0 Å². The van der Waals surface area contributed by atoms with E-state index in [2.05, 4.69) is 62.4 Å². The molecule has 0 fully saturated rings. The second-order valence-corrected chi connectivity index (χ2v) is 8.95. The molecule has 0 atom stereocenters. The normalized spacial score (nSPS) is 11.4. The van der Waals surface area contributed by atoms with Crippen LogP contribution < -0.4 is 4.74 Å². The van der Waals surface area contributed by atoms with E-state index in [1.807, 2.05) is 30.6 Å². The van der Waals surface area contributed by atoms with Crippen molar-refractivity contribution in [3.8, 4) is 38.8 Å². The summed E-state index contributed by atoms with van der Waals surface area (Å²) < 4.78 is 5.33. The smallest absolute Gasteiger partial charge is 0.137 e. The van der Waals surface area contributed by atoms with Gasteiger partial charge < -0.3 is 9.72 Å². The van der Waals surface area contributed by atoms with Crippen molar-refractivity contribution in [1.82, 2.24) is 25.1 Å². The Morgan fingerprint density at radius 1 is 0.875 bits per heavy atom. The maximum absolute atomic E-state index is 5.33. The largest absolute Gasteiger partial charge is 0.495 e. The number of pyridine rings is 2. The molecule has 0 saturated heterocycles. The number of rotatable bonds is 4. The molecule has 0 saturated carbocycles. The van der Waals surface area contributed by atoms with Gasteiger partial charge in [-0.25, -0.2) is 0 Å². The maximum Gasteiger partial charge on any atom is 0.137 e. The fourth-order valence-corrected chi connectivity index (χ4v) is 4.91. The van der Waals surface area contributed by atoms with E-state index in [4.69, 9.17) is 4.74 Å². The topological polar surface area (TPSA) is 79.5 Å². The first-order valence-corrected chi connectivity index (χ1v) is 11.0. The van der Waals surface area contributed by atoms with E-state index >= 15 is 0 Å². The van der Waals surface area contributed by atoms with E-state index in [1.165, 1.54) is 9.75 Å². The van der Waals surface area contributed by atoms with Crippen LogP contribution in [0.3, 0.4) is 0 Å². The summed E-state index contributed by atoms with van der Waals surface area (Å²) in [5, 5.41) is 9.91. The van der Waals surface area contributed by atoms with Gasteiger partial charge in [0.1, 0.15) is 11.4 Å². The number of benzene rings is 1.